The molecule has 1 aromatic rings. The summed E-state index contributed by atoms with van der Waals surface area (Å²) in [5, 5.41) is 8.80. The zero-order valence-corrected chi connectivity index (χ0v) is 10.1. The second-order valence-corrected chi connectivity index (χ2v) is 4.60. The summed E-state index contributed by atoms with van der Waals surface area (Å²) in [6.07, 6.45) is 5.40. The fourth-order valence-corrected chi connectivity index (χ4v) is 1.91. The smallest absolute Gasteiger partial charge is 0.354 e. The molecule has 4 heteroatoms. The molecular weight excluding hydrogens is 216 g/mol. The van der Waals surface area contributed by atoms with E-state index >= 15 is 0 Å². The lowest BCUT2D eigenvalue weighted by Crippen LogP contribution is -2.26. The predicted molar refractivity (Wildman–Crippen MR) is 66.4 cm³/mol. The first-order valence-electron chi connectivity index (χ1n) is 6.15. The average Bonchev–Trinajstić information content (AvgIpc) is 3.13. The number of rotatable bonds is 6. The van der Waals surface area contributed by atoms with Crippen molar-refractivity contribution in [2.45, 2.75) is 26.2 Å². The maximum atomic E-state index is 10.7. The zero-order chi connectivity index (χ0) is 12.3. The van der Waals surface area contributed by atoms with Gasteiger partial charge < -0.3 is 10.0 Å². The van der Waals surface area contributed by atoms with Gasteiger partial charge in [0.1, 0.15) is 5.69 Å². The Labute approximate surface area is 101 Å². The number of nitrogens with zero attached hydrogens (tertiary/aromatic N) is 2. The van der Waals surface area contributed by atoms with Gasteiger partial charge in [0.25, 0.3) is 0 Å². The number of aromatic nitrogens is 1. The van der Waals surface area contributed by atoms with Crippen molar-refractivity contribution >= 4 is 11.7 Å². The summed E-state index contributed by atoms with van der Waals surface area (Å²) in [6, 6.07) is 3.43. The molecule has 1 aliphatic carbocycles. The summed E-state index contributed by atoms with van der Waals surface area (Å²) < 4.78 is 0. The second-order valence-electron chi connectivity index (χ2n) is 4.60. The minimum atomic E-state index is -0.971. The molecule has 1 aliphatic rings. The van der Waals surface area contributed by atoms with Gasteiger partial charge in [0.05, 0.1) is 11.9 Å². The molecule has 1 saturated carbocycles. The SMILES string of the molecule is CCCN(CC1CC1)c1ccc(C(=O)O)nc1. The van der Waals surface area contributed by atoms with E-state index in [0.29, 0.717) is 0 Å². The first-order valence-corrected chi connectivity index (χ1v) is 6.15. The van der Waals surface area contributed by atoms with Gasteiger partial charge in [0.2, 0.25) is 0 Å². The Bertz CT molecular complexity index is 385. The number of hydrogen-bond acceptors (Lipinski definition) is 3. The van der Waals surface area contributed by atoms with Crippen LogP contribution >= 0.6 is 0 Å². The van der Waals surface area contributed by atoms with Crippen LogP contribution in [-0.4, -0.2) is 29.1 Å². The molecule has 0 spiro atoms. The van der Waals surface area contributed by atoms with Crippen LogP contribution in [0.1, 0.15) is 36.7 Å². The van der Waals surface area contributed by atoms with Gasteiger partial charge in [-0.1, -0.05) is 6.92 Å². The summed E-state index contributed by atoms with van der Waals surface area (Å²) in [5.74, 6) is -0.151. The van der Waals surface area contributed by atoms with Crippen LogP contribution in [0.4, 0.5) is 5.69 Å². The maximum absolute atomic E-state index is 10.7. The molecule has 17 heavy (non-hydrogen) atoms. The van der Waals surface area contributed by atoms with Crippen molar-refractivity contribution in [2.24, 2.45) is 5.92 Å². The Balaban J connectivity index is 2.08. The van der Waals surface area contributed by atoms with Gasteiger partial charge in [0.15, 0.2) is 0 Å². The minimum absolute atomic E-state index is 0.108. The van der Waals surface area contributed by atoms with E-state index in [1.165, 1.54) is 12.8 Å². The van der Waals surface area contributed by atoms with Gasteiger partial charge in [-0.3, -0.25) is 0 Å². The van der Waals surface area contributed by atoms with E-state index in [4.69, 9.17) is 5.11 Å². The molecule has 1 N–H and O–H groups in total. The van der Waals surface area contributed by atoms with Crippen LogP contribution in [0, 0.1) is 5.92 Å². The molecule has 0 bridgehead atoms. The second kappa shape index (κ2) is 5.17. The zero-order valence-electron chi connectivity index (χ0n) is 10.1. The lowest BCUT2D eigenvalue weighted by molar-refractivity contribution is 0.0690. The largest absolute Gasteiger partial charge is 0.477 e. The van der Waals surface area contributed by atoms with Gasteiger partial charge in [-0.25, -0.2) is 9.78 Å². The van der Waals surface area contributed by atoms with Crippen LogP contribution in [-0.2, 0) is 0 Å². The van der Waals surface area contributed by atoms with Crippen molar-refractivity contribution in [3.05, 3.63) is 24.0 Å². The number of pyridine rings is 1. The van der Waals surface area contributed by atoms with Crippen molar-refractivity contribution < 1.29 is 9.90 Å². The third kappa shape index (κ3) is 3.19. The van der Waals surface area contributed by atoms with Crippen molar-refractivity contribution in [1.29, 1.82) is 0 Å². The summed E-state index contributed by atoms with van der Waals surface area (Å²) >= 11 is 0. The summed E-state index contributed by atoms with van der Waals surface area (Å²) in [6.45, 7) is 4.23. The van der Waals surface area contributed by atoms with Crippen molar-refractivity contribution in [3.8, 4) is 0 Å². The Morgan fingerprint density at radius 3 is 2.76 bits per heavy atom. The van der Waals surface area contributed by atoms with E-state index in [1.54, 1.807) is 12.3 Å². The number of anilines is 1. The van der Waals surface area contributed by atoms with Gasteiger partial charge in [-0.2, -0.15) is 0 Å². The highest BCUT2D eigenvalue weighted by Gasteiger charge is 2.24. The van der Waals surface area contributed by atoms with Crippen LogP contribution in [0.5, 0.6) is 0 Å². The molecular formula is C13H18N2O2. The van der Waals surface area contributed by atoms with Crippen LogP contribution in [0.15, 0.2) is 18.3 Å². The number of carboxylic acids is 1. The van der Waals surface area contributed by atoms with Crippen LogP contribution in [0.25, 0.3) is 0 Å². The first kappa shape index (κ1) is 11.9. The molecule has 1 aromatic heterocycles. The first-order chi connectivity index (χ1) is 8.20. The van der Waals surface area contributed by atoms with E-state index in [9.17, 15) is 4.79 Å². The normalized spacial score (nSPS) is 14.6. The molecule has 1 fully saturated rings. The quantitative estimate of drug-likeness (QED) is 0.821. The monoisotopic (exact) mass is 234 g/mol. The van der Waals surface area contributed by atoms with E-state index < -0.39 is 5.97 Å². The summed E-state index contributed by atoms with van der Waals surface area (Å²) in [5.41, 5.74) is 1.14. The van der Waals surface area contributed by atoms with E-state index in [2.05, 4.69) is 16.8 Å². The third-order valence-corrected chi connectivity index (χ3v) is 3.00. The molecule has 0 aliphatic heterocycles. The third-order valence-electron chi connectivity index (χ3n) is 3.00. The topological polar surface area (TPSA) is 53.4 Å². The lowest BCUT2D eigenvalue weighted by atomic mass is 10.2. The van der Waals surface area contributed by atoms with Gasteiger partial charge in [0, 0.05) is 13.1 Å². The maximum Gasteiger partial charge on any atom is 0.354 e. The van der Waals surface area contributed by atoms with E-state index in [0.717, 1.165) is 31.1 Å². The number of carboxylic acid groups (broad SMARTS) is 1. The Hall–Kier alpha value is -1.58. The van der Waals surface area contributed by atoms with Crippen LogP contribution in [0.3, 0.4) is 0 Å². The highest BCUT2D eigenvalue weighted by Crippen LogP contribution is 2.31. The molecule has 0 radical (unpaired) electrons. The highest BCUT2D eigenvalue weighted by atomic mass is 16.4. The molecule has 0 atom stereocenters. The van der Waals surface area contributed by atoms with Gasteiger partial charge >= 0.3 is 5.97 Å². The summed E-state index contributed by atoms with van der Waals surface area (Å²) in [4.78, 5) is 17.0. The molecule has 0 unspecified atom stereocenters. The minimum Gasteiger partial charge on any atom is -0.477 e. The van der Waals surface area contributed by atoms with Crippen LogP contribution < -0.4 is 4.90 Å². The van der Waals surface area contributed by atoms with Gasteiger partial charge in [-0.05, 0) is 37.3 Å². The predicted octanol–water partition coefficient (Wildman–Crippen LogP) is 2.41. The lowest BCUT2D eigenvalue weighted by Gasteiger charge is -2.23. The molecule has 92 valence electrons. The van der Waals surface area contributed by atoms with Crippen molar-refractivity contribution in [2.75, 3.05) is 18.0 Å². The fraction of sp³-hybridized carbons (Fsp3) is 0.538. The molecule has 4 nitrogen and oxygen atoms in total. The number of carbonyl (C=O) groups is 1. The fourth-order valence-electron chi connectivity index (χ4n) is 1.91. The number of hydrogen-bond donors (Lipinski definition) is 1. The van der Waals surface area contributed by atoms with Gasteiger partial charge in [-0.15, -0.1) is 0 Å². The molecule has 0 aromatic carbocycles. The number of aromatic carboxylic acids is 1. The molecule has 2 rings (SSSR count). The van der Waals surface area contributed by atoms with E-state index in [1.807, 2.05) is 6.07 Å². The summed E-state index contributed by atoms with van der Waals surface area (Å²) in [7, 11) is 0. The average molecular weight is 234 g/mol. The molecule has 1 heterocycles. The Kier molecular flexibility index (Phi) is 3.61. The van der Waals surface area contributed by atoms with Crippen molar-refractivity contribution in [3.63, 3.8) is 0 Å². The Morgan fingerprint density at radius 1 is 1.53 bits per heavy atom. The molecule has 0 amide bonds. The van der Waals surface area contributed by atoms with Crippen molar-refractivity contribution in [1.82, 2.24) is 4.98 Å². The standard InChI is InChI=1S/C13H18N2O2/c1-2-7-15(9-10-3-4-10)11-5-6-12(13(16)17)14-8-11/h5-6,8,10H,2-4,7,9H2,1H3,(H,16,17). The van der Waals surface area contributed by atoms with Crippen LogP contribution in [0.2, 0.25) is 0 Å². The Morgan fingerprint density at radius 2 is 2.29 bits per heavy atom. The molecule has 0 saturated heterocycles. The highest BCUT2D eigenvalue weighted by molar-refractivity contribution is 5.85. The van der Waals surface area contributed by atoms with E-state index in [-0.39, 0.29) is 5.69 Å².